The van der Waals surface area contributed by atoms with E-state index in [1.807, 2.05) is 0 Å². The van der Waals surface area contributed by atoms with Gasteiger partial charge in [0.25, 0.3) is 10.0 Å². The van der Waals surface area contributed by atoms with E-state index in [1.165, 1.54) is 29.6 Å². The molecule has 0 aliphatic rings. The van der Waals surface area contributed by atoms with Crippen LogP contribution in [0.4, 0.5) is 4.39 Å². The summed E-state index contributed by atoms with van der Waals surface area (Å²) in [5.74, 6) is -0.358. The molecule has 4 nitrogen and oxygen atoms in total. The van der Waals surface area contributed by atoms with Crippen LogP contribution in [0.2, 0.25) is 0 Å². The predicted octanol–water partition coefficient (Wildman–Crippen LogP) is 2.34. The maximum absolute atomic E-state index is 12.8. The van der Waals surface area contributed by atoms with Crippen LogP contribution in [0.25, 0.3) is 0 Å². The van der Waals surface area contributed by atoms with Crippen molar-refractivity contribution < 1.29 is 12.8 Å². The van der Waals surface area contributed by atoms with Gasteiger partial charge in [-0.05, 0) is 29.8 Å². The fourth-order valence-corrected chi connectivity index (χ4v) is 4.40. The highest BCUT2D eigenvalue weighted by molar-refractivity contribution is 7.91. The van der Waals surface area contributed by atoms with Gasteiger partial charge in [0, 0.05) is 13.6 Å². The number of hydrogen-bond acceptors (Lipinski definition) is 4. The summed E-state index contributed by atoms with van der Waals surface area (Å²) >= 11 is 5.86. The minimum Gasteiger partial charge on any atom is -0.389 e. The van der Waals surface area contributed by atoms with E-state index < -0.39 is 10.0 Å². The number of nitrogens with two attached hydrogens (primary N) is 1. The van der Waals surface area contributed by atoms with Gasteiger partial charge in [-0.2, -0.15) is 4.31 Å². The summed E-state index contributed by atoms with van der Waals surface area (Å²) in [5.41, 5.74) is 6.18. The molecule has 0 saturated carbocycles. The highest BCUT2D eigenvalue weighted by Crippen LogP contribution is 2.25. The van der Waals surface area contributed by atoms with Crippen LogP contribution in [-0.2, 0) is 16.6 Å². The molecule has 112 valence electrons. The first kappa shape index (κ1) is 16.0. The molecule has 0 spiro atoms. The van der Waals surface area contributed by atoms with E-state index in [1.54, 1.807) is 18.2 Å². The molecule has 2 N–H and O–H groups in total. The average molecular weight is 344 g/mol. The monoisotopic (exact) mass is 344 g/mol. The summed E-state index contributed by atoms with van der Waals surface area (Å²) in [6.07, 6.45) is 0. The molecule has 0 bridgehead atoms. The van der Waals surface area contributed by atoms with Gasteiger partial charge in [0.1, 0.15) is 15.0 Å². The summed E-state index contributed by atoms with van der Waals surface area (Å²) in [7, 11) is -2.15. The molecule has 0 aliphatic heterocycles. The molecule has 0 aliphatic carbocycles. The number of benzene rings is 1. The smallest absolute Gasteiger partial charge is 0.252 e. The molecule has 2 aromatic rings. The van der Waals surface area contributed by atoms with Gasteiger partial charge in [0.2, 0.25) is 0 Å². The second kappa shape index (κ2) is 6.18. The number of thiocarbonyl (C=S) groups is 1. The minimum absolute atomic E-state index is 0.156. The van der Waals surface area contributed by atoms with Crippen molar-refractivity contribution in [3.63, 3.8) is 0 Å². The lowest BCUT2D eigenvalue weighted by Gasteiger charge is -2.16. The zero-order chi connectivity index (χ0) is 15.6. The quantitative estimate of drug-likeness (QED) is 0.846. The third-order valence-corrected chi connectivity index (χ3v) is 6.55. The van der Waals surface area contributed by atoms with Crippen LogP contribution >= 0.6 is 23.6 Å². The summed E-state index contributed by atoms with van der Waals surface area (Å²) in [4.78, 5) is 0.724. The van der Waals surface area contributed by atoms with Gasteiger partial charge < -0.3 is 5.73 Å². The second-order valence-electron chi connectivity index (χ2n) is 4.37. The molecule has 0 unspecified atom stereocenters. The maximum atomic E-state index is 12.8. The number of sulfonamides is 1. The minimum atomic E-state index is -3.62. The highest BCUT2D eigenvalue weighted by Gasteiger charge is 2.23. The lowest BCUT2D eigenvalue weighted by Crippen LogP contribution is -2.25. The van der Waals surface area contributed by atoms with Gasteiger partial charge in [-0.1, -0.05) is 24.4 Å². The second-order valence-corrected chi connectivity index (χ2v) is 8.17. The fraction of sp³-hybridized carbons (Fsp3) is 0.154. The molecular weight excluding hydrogens is 331 g/mol. The van der Waals surface area contributed by atoms with E-state index in [2.05, 4.69) is 0 Å². The van der Waals surface area contributed by atoms with E-state index in [0.29, 0.717) is 10.4 Å². The van der Waals surface area contributed by atoms with Crippen molar-refractivity contribution in [2.75, 3.05) is 7.05 Å². The molecule has 21 heavy (non-hydrogen) atoms. The third kappa shape index (κ3) is 3.65. The van der Waals surface area contributed by atoms with Crippen molar-refractivity contribution in [3.8, 4) is 0 Å². The molecular formula is C13H13FN2O2S3. The Bertz CT molecular complexity index is 754. The van der Waals surface area contributed by atoms with Gasteiger partial charge in [0.05, 0.1) is 4.88 Å². The molecule has 1 aromatic carbocycles. The Morgan fingerprint density at radius 2 is 1.90 bits per heavy atom. The number of rotatable bonds is 5. The van der Waals surface area contributed by atoms with Gasteiger partial charge in [0.15, 0.2) is 0 Å². The first-order chi connectivity index (χ1) is 9.80. The van der Waals surface area contributed by atoms with Gasteiger partial charge in [-0.3, -0.25) is 0 Å². The van der Waals surface area contributed by atoms with Crippen LogP contribution in [0.15, 0.2) is 40.6 Å². The molecule has 1 heterocycles. The highest BCUT2D eigenvalue weighted by atomic mass is 32.2. The van der Waals surface area contributed by atoms with Crippen molar-refractivity contribution in [1.29, 1.82) is 0 Å². The Morgan fingerprint density at radius 3 is 2.43 bits per heavy atom. The van der Waals surface area contributed by atoms with Crippen molar-refractivity contribution in [2.24, 2.45) is 5.73 Å². The molecule has 0 amide bonds. The molecule has 2 rings (SSSR count). The lowest BCUT2D eigenvalue weighted by molar-refractivity contribution is 0.468. The Hall–Kier alpha value is -1.35. The molecule has 0 radical (unpaired) electrons. The van der Waals surface area contributed by atoms with E-state index in [0.717, 1.165) is 11.3 Å². The summed E-state index contributed by atoms with van der Waals surface area (Å²) in [6, 6.07) is 8.77. The molecule has 0 saturated heterocycles. The number of thiophene rings is 1. The van der Waals surface area contributed by atoms with Gasteiger partial charge in [-0.25, -0.2) is 12.8 Å². The van der Waals surface area contributed by atoms with Gasteiger partial charge >= 0.3 is 0 Å². The van der Waals surface area contributed by atoms with Crippen LogP contribution in [0, 0.1) is 5.82 Å². The van der Waals surface area contributed by atoms with Crippen LogP contribution < -0.4 is 5.73 Å². The number of halogens is 1. The SMILES string of the molecule is CN(Cc1ccc(F)cc1)S(=O)(=O)c1ccc(C(N)=S)s1. The first-order valence-corrected chi connectivity index (χ1v) is 8.57. The van der Waals surface area contributed by atoms with Crippen molar-refractivity contribution in [3.05, 3.63) is 52.7 Å². The number of nitrogens with zero attached hydrogens (tertiary/aromatic N) is 1. The zero-order valence-electron chi connectivity index (χ0n) is 11.1. The Balaban J connectivity index is 2.21. The topological polar surface area (TPSA) is 63.4 Å². The van der Waals surface area contributed by atoms with Crippen molar-refractivity contribution >= 4 is 38.6 Å². The first-order valence-electron chi connectivity index (χ1n) is 5.91. The summed E-state index contributed by atoms with van der Waals surface area (Å²) in [6.45, 7) is 0.156. The Labute approximate surface area is 132 Å². The van der Waals surface area contributed by atoms with Crippen LogP contribution in [-0.4, -0.2) is 24.8 Å². The normalized spacial score (nSPS) is 11.8. The third-order valence-electron chi connectivity index (χ3n) is 2.81. The van der Waals surface area contributed by atoms with Crippen LogP contribution in [0.1, 0.15) is 10.4 Å². The molecule has 8 heteroatoms. The lowest BCUT2D eigenvalue weighted by atomic mass is 10.2. The van der Waals surface area contributed by atoms with Crippen LogP contribution in [0.5, 0.6) is 0 Å². The fourth-order valence-electron chi connectivity index (χ4n) is 1.68. The Kier molecular flexibility index (Phi) is 4.72. The largest absolute Gasteiger partial charge is 0.389 e. The van der Waals surface area contributed by atoms with E-state index in [4.69, 9.17) is 18.0 Å². The van der Waals surface area contributed by atoms with Crippen molar-refractivity contribution in [1.82, 2.24) is 4.31 Å². The summed E-state index contributed by atoms with van der Waals surface area (Å²) < 4.78 is 39.1. The molecule has 0 atom stereocenters. The summed E-state index contributed by atoms with van der Waals surface area (Å²) in [5, 5.41) is 0. The van der Waals surface area contributed by atoms with E-state index in [9.17, 15) is 12.8 Å². The molecule has 0 fully saturated rings. The van der Waals surface area contributed by atoms with E-state index >= 15 is 0 Å². The predicted molar refractivity (Wildman–Crippen MR) is 85.3 cm³/mol. The van der Waals surface area contributed by atoms with E-state index in [-0.39, 0.29) is 21.6 Å². The van der Waals surface area contributed by atoms with Crippen molar-refractivity contribution in [2.45, 2.75) is 10.8 Å². The van der Waals surface area contributed by atoms with Crippen LogP contribution in [0.3, 0.4) is 0 Å². The standard InChI is InChI=1S/C13H13FN2O2S3/c1-16(8-9-2-4-10(14)5-3-9)21(17,18)12-7-6-11(20-12)13(15)19/h2-7H,8H2,1H3,(H2,15,19). The number of hydrogen-bond donors (Lipinski definition) is 1. The maximum Gasteiger partial charge on any atom is 0.252 e. The Morgan fingerprint density at radius 1 is 1.29 bits per heavy atom. The zero-order valence-corrected chi connectivity index (χ0v) is 13.6. The molecule has 1 aromatic heterocycles. The average Bonchev–Trinajstić information content (AvgIpc) is 2.91. The van der Waals surface area contributed by atoms with Gasteiger partial charge in [-0.15, -0.1) is 11.3 Å².